The van der Waals surface area contributed by atoms with Gasteiger partial charge >= 0.3 is 6.03 Å². The molecular formula is C12H16FN3O. The average Bonchev–Trinajstić information content (AvgIpc) is 2.33. The monoisotopic (exact) mass is 237 g/mol. The standard InChI is InChI=1S/C12H16FN3O/c13-10-5-1-2-6-11(10)16-12(17)15-9-4-3-7-14-8-9/h1-2,5-6,9,14H,3-4,7-8H2,(H2,15,16,17)/t9-/m0/s1. The molecule has 4 nitrogen and oxygen atoms in total. The second-order valence-electron chi connectivity index (χ2n) is 4.12. The molecule has 0 aliphatic carbocycles. The number of piperidine rings is 1. The highest BCUT2D eigenvalue weighted by molar-refractivity contribution is 5.89. The van der Waals surface area contributed by atoms with E-state index < -0.39 is 5.82 Å². The lowest BCUT2D eigenvalue weighted by molar-refractivity contribution is 0.245. The topological polar surface area (TPSA) is 53.2 Å². The van der Waals surface area contributed by atoms with Gasteiger partial charge in [-0.15, -0.1) is 0 Å². The summed E-state index contributed by atoms with van der Waals surface area (Å²) in [6, 6.07) is 5.88. The van der Waals surface area contributed by atoms with E-state index >= 15 is 0 Å². The first-order valence-electron chi connectivity index (χ1n) is 5.78. The third-order valence-electron chi connectivity index (χ3n) is 2.75. The van der Waals surface area contributed by atoms with Crippen molar-refractivity contribution in [3.63, 3.8) is 0 Å². The van der Waals surface area contributed by atoms with Gasteiger partial charge in [-0.2, -0.15) is 0 Å². The van der Waals surface area contributed by atoms with Crippen LogP contribution >= 0.6 is 0 Å². The van der Waals surface area contributed by atoms with Crippen LogP contribution in [0.15, 0.2) is 24.3 Å². The van der Waals surface area contributed by atoms with Crippen molar-refractivity contribution in [2.24, 2.45) is 0 Å². The summed E-state index contributed by atoms with van der Waals surface area (Å²) in [6.45, 7) is 1.76. The first-order valence-corrected chi connectivity index (χ1v) is 5.78. The largest absolute Gasteiger partial charge is 0.334 e. The molecule has 1 aromatic carbocycles. The third kappa shape index (κ3) is 3.42. The zero-order valence-electron chi connectivity index (χ0n) is 9.50. The van der Waals surface area contributed by atoms with Gasteiger partial charge in [0.15, 0.2) is 0 Å². The summed E-state index contributed by atoms with van der Waals surface area (Å²) in [6.07, 6.45) is 2.00. The lowest BCUT2D eigenvalue weighted by Gasteiger charge is -2.23. The zero-order valence-corrected chi connectivity index (χ0v) is 9.50. The Bertz CT molecular complexity index is 391. The Hall–Kier alpha value is -1.62. The van der Waals surface area contributed by atoms with E-state index in [1.165, 1.54) is 12.1 Å². The maximum atomic E-state index is 13.3. The Labute approximate surface area is 99.6 Å². The van der Waals surface area contributed by atoms with Gasteiger partial charge in [-0.1, -0.05) is 12.1 Å². The van der Waals surface area contributed by atoms with Crippen molar-refractivity contribution in [2.75, 3.05) is 18.4 Å². The molecule has 0 radical (unpaired) electrons. The predicted octanol–water partition coefficient (Wildman–Crippen LogP) is 1.70. The van der Waals surface area contributed by atoms with Gasteiger partial charge in [0.1, 0.15) is 5.82 Å². The summed E-state index contributed by atoms with van der Waals surface area (Å²) >= 11 is 0. The number of hydrogen-bond acceptors (Lipinski definition) is 2. The van der Waals surface area contributed by atoms with Crippen LogP contribution in [0.25, 0.3) is 0 Å². The van der Waals surface area contributed by atoms with Crippen LogP contribution < -0.4 is 16.0 Å². The number of benzene rings is 1. The van der Waals surface area contributed by atoms with Gasteiger partial charge in [-0.05, 0) is 31.5 Å². The van der Waals surface area contributed by atoms with Crippen molar-refractivity contribution < 1.29 is 9.18 Å². The molecule has 3 N–H and O–H groups in total. The van der Waals surface area contributed by atoms with Crippen molar-refractivity contribution in [1.82, 2.24) is 10.6 Å². The van der Waals surface area contributed by atoms with Gasteiger partial charge < -0.3 is 16.0 Å². The van der Waals surface area contributed by atoms with Gasteiger partial charge in [-0.3, -0.25) is 0 Å². The Morgan fingerprint density at radius 3 is 2.94 bits per heavy atom. The molecule has 1 heterocycles. The molecule has 1 aromatic rings. The number of nitrogens with one attached hydrogen (secondary N) is 3. The SMILES string of the molecule is O=C(Nc1ccccc1F)N[C@H]1CCCNC1. The molecule has 17 heavy (non-hydrogen) atoms. The number of urea groups is 1. The highest BCUT2D eigenvalue weighted by Gasteiger charge is 2.15. The maximum absolute atomic E-state index is 13.3. The summed E-state index contributed by atoms with van der Waals surface area (Å²) < 4.78 is 13.3. The number of rotatable bonds is 2. The molecule has 1 fully saturated rings. The van der Waals surface area contributed by atoms with Crippen LogP contribution in [0, 0.1) is 5.82 Å². The highest BCUT2D eigenvalue weighted by atomic mass is 19.1. The first kappa shape index (κ1) is 11.9. The second-order valence-corrected chi connectivity index (χ2v) is 4.12. The van der Waals surface area contributed by atoms with Crippen molar-refractivity contribution in [3.05, 3.63) is 30.1 Å². The quantitative estimate of drug-likeness (QED) is 0.733. The Morgan fingerprint density at radius 1 is 1.41 bits per heavy atom. The van der Waals surface area contributed by atoms with Crippen molar-refractivity contribution in [2.45, 2.75) is 18.9 Å². The van der Waals surface area contributed by atoms with Crippen LogP contribution in [0.4, 0.5) is 14.9 Å². The van der Waals surface area contributed by atoms with Crippen molar-refractivity contribution >= 4 is 11.7 Å². The fourth-order valence-electron chi connectivity index (χ4n) is 1.88. The minimum Gasteiger partial charge on any atom is -0.334 e. The molecule has 0 spiro atoms. The summed E-state index contributed by atoms with van der Waals surface area (Å²) in [5.41, 5.74) is 0.203. The maximum Gasteiger partial charge on any atom is 0.319 e. The Balaban J connectivity index is 1.86. The number of para-hydroxylation sites is 1. The van der Waals surface area contributed by atoms with Gasteiger partial charge in [0.05, 0.1) is 5.69 Å². The van der Waals surface area contributed by atoms with Crippen LogP contribution in [-0.4, -0.2) is 25.2 Å². The Kier molecular flexibility index (Phi) is 3.93. The zero-order chi connectivity index (χ0) is 12.1. The summed E-state index contributed by atoms with van der Waals surface area (Å²) in [5.74, 6) is -0.426. The molecule has 2 amide bonds. The van der Waals surface area contributed by atoms with E-state index in [1.54, 1.807) is 12.1 Å². The average molecular weight is 237 g/mol. The number of halogens is 1. The molecule has 0 saturated carbocycles. The molecule has 1 aliphatic rings. The van der Waals surface area contributed by atoms with Crippen molar-refractivity contribution in [3.8, 4) is 0 Å². The molecular weight excluding hydrogens is 221 g/mol. The number of carbonyl (C=O) groups excluding carboxylic acids is 1. The summed E-state index contributed by atoms with van der Waals surface area (Å²) in [7, 11) is 0. The molecule has 5 heteroatoms. The smallest absolute Gasteiger partial charge is 0.319 e. The van der Waals surface area contributed by atoms with E-state index in [0.29, 0.717) is 0 Å². The molecule has 92 valence electrons. The van der Waals surface area contributed by atoms with E-state index in [9.17, 15) is 9.18 Å². The molecule has 0 bridgehead atoms. The van der Waals surface area contributed by atoms with Crippen LogP contribution in [0.2, 0.25) is 0 Å². The summed E-state index contributed by atoms with van der Waals surface area (Å²) in [4.78, 5) is 11.6. The molecule has 0 aromatic heterocycles. The molecule has 1 aliphatic heterocycles. The van der Waals surface area contributed by atoms with E-state index in [1.807, 2.05) is 0 Å². The fourth-order valence-corrected chi connectivity index (χ4v) is 1.88. The van der Waals surface area contributed by atoms with Gasteiger partial charge in [-0.25, -0.2) is 9.18 Å². The molecule has 2 rings (SSSR count). The number of hydrogen-bond donors (Lipinski definition) is 3. The van der Waals surface area contributed by atoms with Gasteiger partial charge in [0.25, 0.3) is 0 Å². The number of anilines is 1. The molecule has 0 unspecified atom stereocenters. The minimum absolute atomic E-state index is 0.121. The van der Waals surface area contributed by atoms with Crippen LogP contribution in [-0.2, 0) is 0 Å². The van der Waals surface area contributed by atoms with E-state index in [0.717, 1.165) is 25.9 Å². The van der Waals surface area contributed by atoms with Crippen LogP contribution in [0.5, 0.6) is 0 Å². The second kappa shape index (κ2) is 5.63. The van der Waals surface area contributed by atoms with Crippen LogP contribution in [0.1, 0.15) is 12.8 Å². The first-order chi connectivity index (χ1) is 8.25. The highest BCUT2D eigenvalue weighted by Crippen LogP contribution is 2.12. The lowest BCUT2D eigenvalue weighted by atomic mass is 10.1. The van der Waals surface area contributed by atoms with Gasteiger partial charge in [0, 0.05) is 12.6 Å². The molecule has 1 atom stereocenters. The normalized spacial score (nSPS) is 19.7. The third-order valence-corrected chi connectivity index (χ3v) is 2.75. The number of amides is 2. The Morgan fingerprint density at radius 2 is 2.24 bits per heavy atom. The van der Waals surface area contributed by atoms with E-state index in [-0.39, 0.29) is 17.8 Å². The minimum atomic E-state index is -0.426. The predicted molar refractivity (Wildman–Crippen MR) is 64.4 cm³/mol. The van der Waals surface area contributed by atoms with Gasteiger partial charge in [0.2, 0.25) is 0 Å². The van der Waals surface area contributed by atoms with Crippen molar-refractivity contribution in [1.29, 1.82) is 0 Å². The van der Waals surface area contributed by atoms with E-state index in [4.69, 9.17) is 0 Å². The lowest BCUT2D eigenvalue weighted by Crippen LogP contribution is -2.47. The summed E-state index contributed by atoms with van der Waals surface area (Å²) in [5, 5.41) is 8.52. The number of carbonyl (C=O) groups is 1. The molecule has 1 saturated heterocycles. The van der Waals surface area contributed by atoms with Crippen LogP contribution in [0.3, 0.4) is 0 Å². The fraction of sp³-hybridized carbons (Fsp3) is 0.417. The van der Waals surface area contributed by atoms with E-state index in [2.05, 4.69) is 16.0 Å².